The molecule has 0 aliphatic rings. The van der Waals surface area contributed by atoms with Crippen molar-refractivity contribution in [2.24, 2.45) is 0 Å². The Bertz CT molecular complexity index is 896. The second kappa shape index (κ2) is 4.89. The van der Waals surface area contributed by atoms with E-state index in [1.807, 2.05) is 0 Å². The standard InChI is InChI=1S/C13H12N4O4/c1-3-21-12(18)10-11-8-6-7(20-2)4-5-9(8)14-13(19)17(11)16-15-10/h4-6,16H,3H2,1-2H3. The molecule has 0 amide bonds. The number of methoxy groups -OCH3 is 1. The number of aromatic nitrogens is 4. The molecule has 0 bridgehead atoms. The molecule has 1 aromatic carbocycles. The maximum atomic E-state index is 12.0. The predicted molar refractivity (Wildman–Crippen MR) is 73.6 cm³/mol. The number of hydrogen-bond acceptors (Lipinski definition) is 6. The molecule has 0 unspecified atom stereocenters. The van der Waals surface area contributed by atoms with Crippen LogP contribution in [0.15, 0.2) is 23.0 Å². The van der Waals surface area contributed by atoms with Gasteiger partial charge >= 0.3 is 11.7 Å². The minimum Gasteiger partial charge on any atom is -0.497 e. The quantitative estimate of drug-likeness (QED) is 0.714. The first kappa shape index (κ1) is 13.1. The zero-order valence-corrected chi connectivity index (χ0v) is 11.4. The highest BCUT2D eigenvalue weighted by molar-refractivity contribution is 6.05. The van der Waals surface area contributed by atoms with E-state index in [0.717, 1.165) is 4.52 Å². The number of ether oxygens (including phenoxy) is 2. The maximum absolute atomic E-state index is 12.0. The Morgan fingerprint density at radius 2 is 2.24 bits per heavy atom. The molecule has 8 heteroatoms. The summed E-state index contributed by atoms with van der Waals surface area (Å²) in [4.78, 5) is 27.8. The van der Waals surface area contributed by atoms with E-state index in [1.54, 1.807) is 25.1 Å². The summed E-state index contributed by atoms with van der Waals surface area (Å²) in [7, 11) is 1.53. The minimum absolute atomic E-state index is 0.0367. The van der Waals surface area contributed by atoms with Crippen LogP contribution in [0.25, 0.3) is 16.4 Å². The van der Waals surface area contributed by atoms with E-state index in [-0.39, 0.29) is 12.3 Å². The zero-order chi connectivity index (χ0) is 15.0. The van der Waals surface area contributed by atoms with Gasteiger partial charge in [-0.1, -0.05) is 0 Å². The first-order valence-corrected chi connectivity index (χ1v) is 6.27. The van der Waals surface area contributed by atoms with Gasteiger partial charge in [-0.2, -0.15) is 9.50 Å². The SMILES string of the molecule is CCOC(=O)c1n[nH]n2c(=O)nc3ccc(OC)cc3c12. The number of H-pyrrole nitrogens is 1. The summed E-state index contributed by atoms with van der Waals surface area (Å²) in [6, 6.07) is 5.03. The van der Waals surface area contributed by atoms with Crippen LogP contribution in [0.1, 0.15) is 17.4 Å². The molecular formula is C13H12N4O4. The van der Waals surface area contributed by atoms with E-state index >= 15 is 0 Å². The molecule has 0 aliphatic heterocycles. The molecule has 1 N–H and O–H groups in total. The Hall–Kier alpha value is -2.90. The second-order valence-corrected chi connectivity index (χ2v) is 4.24. The summed E-state index contributed by atoms with van der Waals surface area (Å²) in [6.45, 7) is 1.91. The van der Waals surface area contributed by atoms with Crippen molar-refractivity contribution in [3.63, 3.8) is 0 Å². The monoisotopic (exact) mass is 288 g/mol. The maximum Gasteiger partial charge on any atom is 0.368 e. The first-order chi connectivity index (χ1) is 10.2. The highest BCUT2D eigenvalue weighted by Crippen LogP contribution is 2.23. The highest BCUT2D eigenvalue weighted by atomic mass is 16.5. The number of rotatable bonds is 3. The Kier molecular flexibility index (Phi) is 3.05. The van der Waals surface area contributed by atoms with Crippen LogP contribution in [0, 0.1) is 0 Å². The number of esters is 1. The van der Waals surface area contributed by atoms with Gasteiger partial charge in [0, 0.05) is 5.39 Å². The van der Waals surface area contributed by atoms with Crippen molar-refractivity contribution in [1.29, 1.82) is 0 Å². The van der Waals surface area contributed by atoms with Crippen LogP contribution in [-0.4, -0.2) is 39.5 Å². The lowest BCUT2D eigenvalue weighted by molar-refractivity contribution is 0.0522. The molecule has 0 spiro atoms. The van der Waals surface area contributed by atoms with Gasteiger partial charge in [0.1, 0.15) is 11.3 Å². The fraction of sp³-hybridized carbons (Fsp3) is 0.231. The minimum atomic E-state index is -0.606. The molecule has 0 atom stereocenters. The molecule has 0 radical (unpaired) electrons. The third-order valence-corrected chi connectivity index (χ3v) is 3.04. The van der Waals surface area contributed by atoms with Crippen molar-refractivity contribution in [3.8, 4) is 5.75 Å². The molecule has 2 aromatic heterocycles. The van der Waals surface area contributed by atoms with Crippen molar-refractivity contribution in [2.45, 2.75) is 6.92 Å². The Morgan fingerprint density at radius 1 is 1.43 bits per heavy atom. The van der Waals surface area contributed by atoms with E-state index in [2.05, 4.69) is 15.3 Å². The molecule has 0 aliphatic carbocycles. The molecule has 0 fully saturated rings. The fourth-order valence-electron chi connectivity index (χ4n) is 2.12. The highest BCUT2D eigenvalue weighted by Gasteiger charge is 2.20. The molecule has 21 heavy (non-hydrogen) atoms. The van der Waals surface area contributed by atoms with Gasteiger partial charge in [-0.05, 0) is 25.1 Å². The molecular weight excluding hydrogens is 276 g/mol. The normalized spacial score (nSPS) is 11.0. The number of carbonyl (C=O) groups is 1. The fourth-order valence-corrected chi connectivity index (χ4v) is 2.12. The average molecular weight is 288 g/mol. The molecule has 108 valence electrons. The van der Waals surface area contributed by atoms with Crippen molar-refractivity contribution >= 4 is 22.4 Å². The number of fused-ring (bicyclic) bond motifs is 3. The third-order valence-electron chi connectivity index (χ3n) is 3.04. The lowest BCUT2D eigenvalue weighted by Crippen LogP contribution is -2.18. The molecule has 0 saturated heterocycles. The van der Waals surface area contributed by atoms with Crippen LogP contribution < -0.4 is 10.4 Å². The van der Waals surface area contributed by atoms with Gasteiger partial charge in [0.15, 0.2) is 5.69 Å². The summed E-state index contributed by atoms with van der Waals surface area (Å²) in [5.74, 6) is -0.0215. The predicted octanol–water partition coefficient (Wildman–Crippen LogP) is 0.756. The van der Waals surface area contributed by atoms with Crippen LogP contribution in [-0.2, 0) is 4.74 Å². The first-order valence-electron chi connectivity index (χ1n) is 6.27. The van der Waals surface area contributed by atoms with Gasteiger partial charge in [0.2, 0.25) is 0 Å². The largest absolute Gasteiger partial charge is 0.497 e. The Balaban J connectivity index is 2.41. The molecule has 2 heterocycles. The van der Waals surface area contributed by atoms with Crippen LogP contribution in [0.4, 0.5) is 0 Å². The summed E-state index contributed by atoms with van der Waals surface area (Å²) in [5, 5.41) is 6.91. The number of carbonyl (C=O) groups excluding carboxylic acids is 1. The Morgan fingerprint density at radius 3 is 2.95 bits per heavy atom. The second-order valence-electron chi connectivity index (χ2n) is 4.24. The summed E-state index contributed by atoms with van der Waals surface area (Å²) >= 11 is 0. The average Bonchev–Trinajstić information content (AvgIpc) is 2.93. The van der Waals surface area contributed by atoms with Gasteiger partial charge in [-0.15, -0.1) is 5.10 Å². The van der Waals surface area contributed by atoms with Crippen molar-refractivity contribution in [2.75, 3.05) is 13.7 Å². The van der Waals surface area contributed by atoms with Crippen molar-refractivity contribution in [3.05, 3.63) is 34.4 Å². The van der Waals surface area contributed by atoms with Crippen molar-refractivity contribution < 1.29 is 14.3 Å². The van der Waals surface area contributed by atoms with E-state index in [9.17, 15) is 9.59 Å². The number of benzene rings is 1. The van der Waals surface area contributed by atoms with Gasteiger partial charge < -0.3 is 9.47 Å². The number of nitrogens with one attached hydrogen (secondary N) is 1. The van der Waals surface area contributed by atoms with E-state index in [0.29, 0.717) is 22.2 Å². The summed E-state index contributed by atoms with van der Waals surface area (Å²) in [5.41, 5.74) is 0.260. The summed E-state index contributed by atoms with van der Waals surface area (Å²) < 4.78 is 11.2. The topological polar surface area (TPSA) is 98.6 Å². The summed E-state index contributed by atoms with van der Waals surface area (Å²) in [6.07, 6.45) is 0. The van der Waals surface area contributed by atoms with E-state index in [4.69, 9.17) is 9.47 Å². The molecule has 8 nitrogen and oxygen atoms in total. The number of nitrogens with zero attached hydrogens (tertiary/aromatic N) is 3. The van der Waals surface area contributed by atoms with Crippen LogP contribution in [0.2, 0.25) is 0 Å². The Labute approximate surface area is 118 Å². The van der Waals surface area contributed by atoms with E-state index in [1.165, 1.54) is 7.11 Å². The van der Waals surface area contributed by atoms with Gasteiger partial charge in [-0.25, -0.2) is 14.8 Å². The molecule has 0 saturated carbocycles. The smallest absolute Gasteiger partial charge is 0.368 e. The van der Waals surface area contributed by atoms with Crippen LogP contribution in [0.5, 0.6) is 5.75 Å². The number of hydrogen-bond donors (Lipinski definition) is 1. The zero-order valence-electron chi connectivity index (χ0n) is 11.4. The number of aromatic amines is 1. The van der Waals surface area contributed by atoms with Crippen LogP contribution in [0.3, 0.4) is 0 Å². The van der Waals surface area contributed by atoms with Gasteiger partial charge in [0.25, 0.3) is 0 Å². The lowest BCUT2D eigenvalue weighted by Gasteiger charge is -2.04. The van der Waals surface area contributed by atoms with Gasteiger partial charge in [0.05, 0.1) is 19.2 Å². The third kappa shape index (κ3) is 2.00. The molecule has 3 aromatic rings. The molecule has 3 rings (SSSR count). The lowest BCUT2D eigenvalue weighted by atomic mass is 10.2. The van der Waals surface area contributed by atoms with Crippen molar-refractivity contribution in [1.82, 2.24) is 19.8 Å². The van der Waals surface area contributed by atoms with Gasteiger partial charge in [-0.3, -0.25) is 0 Å². The van der Waals surface area contributed by atoms with E-state index < -0.39 is 11.7 Å². The van der Waals surface area contributed by atoms with Crippen LogP contribution >= 0.6 is 0 Å².